The summed E-state index contributed by atoms with van der Waals surface area (Å²) in [7, 11) is 0. The highest BCUT2D eigenvalue weighted by molar-refractivity contribution is 8.00. The third-order valence-electron chi connectivity index (χ3n) is 2.32. The quantitative estimate of drug-likeness (QED) is 0.719. The first-order chi connectivity index (χ1) is 7.04. The van der Waals surface area contributed by atoms with Gasteiger partial charge in [-0.15, -0.1) is 11.8 Å². The number of aryl methyl sites for hydroxylation is 2. The van der Waals surface area contributed by atoms with Crippen LogP contribution in [0.25, 0.3) is 0 Å². The minimum absolute atomic E-state index is 0.0476. The topological polar surface area (TPSA) is 23.8 Å². The van der Waals surface area contributed by atoms with Gasteiger partial charge in [-0.05, 0) is 31.4 Å². The number of benzene rings is 1. The molecule has 0 aliphatic heterocycles. The average Bonchev–Trinajstić information content (AvgIpc) is 2.16. The van der Waals surface area contributed by atoms with Crippen molar-refractivity contribution in [3.05, 3.63) is 29.3 Å². The molecule has 1 atom stereocenters. The zero-order chi connectivity index (χ0) is 11.4. The second kappa shape index (κ2) is 5.23. The molecule has 1 aromatic rings. The molecular formula is C13H17NS. The Bertz CT molecular complexity index is 377. The molecule has 0 aliphatic carbocycles. The van der Waals surface area contributed by atoms with Gasteiger partial charge in [0.05, 0.1) is 11.3 Å². The fourth-order valence-corrected chi connectivity index (χ4v) is 2.37. The van der Waals surface area contributed by atoms with Gasteiger partial charge in [-0.1, -0.05) is 31.5 Å². The van der Waals surface area contributed by atoms with Crippen molar-refractivity contribution in [1.82, 2.24) is 0 Å². The molecule has 0 saturated heterocycles. The monoisotopic (exact) mass is 219 g/mol. The third-order valence-corrected chi connectivity index (χ3v) is 3.93. The summed E-state index contributed by atoms with van der Waals surface area (Å²) in [6.07, 6.45) is 0. The van der Waals surface area contributed by atoms with Crippen molar-refractivity contribution in [2.75, 3.05) is 0 Å². The lowest BCUT2D eigenvalue weighted by molar-refractivity contribution is 0.685. The summed E-state index contributed by atoms with van der Waals surface area (Å²) in [5.74, 6) is 0.390. The summed E-state index contributed by atoms with van der Waals surface area (Å²) >= 11 is 1.67. The molecule has 0 saturated carbocycles. The number of rotatable bonds is 3. The lowest BCUT2D eigenvalue weighted by atomic mass is 10.1. The van der Waals surface area contributed by atoms with Crippen LogP contribution in [0.1, 0.15) is 25.0 Å². The predicted octanol–water partition coefficient (Wildman–Crippen LogP) is 3.94. The van der Waals surface area contributed by atoms with Crippen molar-refractivity contribution in [2.24, 2.45) is 5.92 Å². The van der Waals surface area contributed by atoms with Crippen LogP contribution in [-0.4, -0.2) is 5.25 Å². The molecule has 1 rings (SSSR count). The van der Waals surface area contributed by atoms with Gasteiger partial charge in [0, 0.05) is 4.90 Å². The van der Waals surface area contributed by atoms with E-state index in [1.54, 1.807) is 11.8 Å². The Kier molecular flexibility index (Phi) is 4.23. The normalized spacial score (nSPS) is 12.5. The van der Waals surface area contributed by atoms with Crippen molar-refractivity contribution in [2.45, 2.75) is 37.8 Å². The first kappa shape index (κ1) is 12.1. The van der Waals surface area contributed by atoms with Gasteiger partial charge in [0.1, 0.15) is 0 Å². The first-order valence-corrected chi connectivity index (χ1v) is 6.06. The molecule has 1 nitrogen and oxygen atoms in total. The molecular weight excluding hydrogens is 202 g/mol. The summed E-state index contributed by atoms with van der Waals surface area (Å²) in [5.41, 5.74) is 2.54. The van der Waals surface area contributed by atoms with Crippen LogP contribution in [0.2, 0.25) is 0 Å². The molecule has 0 radical (unpaired) electrons. The molecule has 1 unspecified atom stereocenters. The van der Waals surface area contributed by atoms with E-state index < -0.39 is 0 Å². The van der Waals surface area contributed by atoms with E-state index in [0.29, 0.717) is 5.92 Å². The van der Waals surface area contributed by atoms with Crippen LogP contribution in [-0.2, 0) is 0 Å². The van der Waals surface area contributed by atoms with E-state index in [2.05, 4.69) is 52.0 Å². The van der Waals surface area contributed by atoms with Crippen LogP contribution in [0, 0.1) is 31.1 Å². The molecule has 0 fully saturated rings. The highest BCUT2D eigenvalue weighted by atomic mass is 32.2. The van der Waals surface area contributed by atoms with E-state index in [1.165, 1.54) is 16.0 Å². The SMILES string of the molecule is Cc1ccc(SC(C#N)C(C)C)c(C)c1. The molecule has 0 aliphatic rings. The fraction of sp³-hybridized carbons (Fsp3) is 0.462. The minimum Gasteiger partial charge on any atom is -0.197 e. The second-order valence-electron chi connectivity index (χ2n) is 4.18. The summed E-state index contributed by atoms with van der Waals surface area (Å²) in [4.78, 5) is 1.22. The van der Waals surface area contributed by atoms with Crippen LogP contribution >= 0.6 is 11.8 Å². The van der Waals surface area contributed by atoms with E-state index >= 15 is 0 Å². The Balaban J connectivity index is 2.85. The fourth-order valence-electron chi connectivity index (χ4n) is 1.38. The Labute approximate surface area is 96.5 Å². The molecule has 0 heterocycles. The zero-order valence-electron chi connectivity index (χ0n) is 9.74. The van der Waals surface area contributed by atoms with Gasteiger partial charge >= 0.3 is 0 Å². The van der Waals surface area contributed by atoms with Crippen LogP contribution in [0.4, 0.5) is 0 Å². The molecule has 0 spiro atoms. The first-order valence-electron chi connectivity index (χ1n) is 5.18. The Morgan fingerprint density at radius 3 is 2.40 bits per heavy atom. The maximum atomic E-state index is 9.03. The number of hydrogen-bond donors (Lipinski definition) is 0. The molecule has 0 N–H and O–H groups in total. The van der Waals surface area contributed by atoms with Gasteiger partial charge in [0.15, 0.2) is 0 Å². The van der Waals surface area contributed by atoms with E-state index in [0.717, 1.165) is 0 Å². The van der Waals surface area contributed by atoms with Crippen LogP contribution in [0.3, 0.4) is 0 Å². The number of nitriles is 1. The van der Waals surface area contributed by atoms with Crippen molar-refractivity contribution in [1.29, 1.82) is 5.26 Å². The van der Waals surface area contributed by atoms with Gasteiger partial charge in [0.25, 0.3) is 0 Å². The van der Waals surface area contributed by atoms with E-state index in [4.69, 9.17) is 5.26 Å². The van der Waals surface area contributed by atoms with Crippen LogP contribution in [0.15, 0.2) is 23.1 Å². The summed E-state index contributed by atoms with van der Waals surface area (Å²) in [6.45, 7) is 8.37. The smallest absolute Gasteiger partial charge is 0.0986 e. The predicted molar refractivity (Wildman–Crippen MR) is 66.0 cm³/mol. The molecule has 15 heavy (non-hydrogen) atoms. The summed E-state index contributed by atoms with van der Waals surface area (Å²) in [6, 6.07) is 8.73. The molecule has 0 amide bonds. The average molecular weight is 219 g/mol. The standard InChI is InChI=1S/C13H17NS/c1-9(2)13(8-14)15-12-6-5-10(3)7-11(12)4/h5-7,9,13H,1-4H3. The lowest BCUT2D eigenvalue weighted by Crippen LogP contribution is -2.08. The van der Waals surface area contributed by atoms with Crippen molar-refractivity contribution in [3.8, 4) is 6.07 Å². The number of nitrogens with zero attached hydrogens (tertiary/aromatic N) is 1. The highest BCUT2D eigenvalue weighted by Crippen LogP contribution is 2.30. The Morgan fingerprint density at radius 1 is 1.27 bits per heavy atom. The van der Waals surface area contributed by atoms with Gasteiger partial charge in [-0.2, -0.15) is 5.26 Å². The summed E-state index contributed by atoms with van der Waals surface area (Å²) < 4.78 is 0. The van der Waals surface area contributed by atoms with Gasteiger partial charge in [0.2, 0.25) is 0 Å². The van der Waals surface area contributed by atoms with Crippen molar-refractivity contribution < 1.29 is 0 Å². The summed E-state index contributed by atoms with van der Waals surface area (Å²) in [5, 5.41) is 9.08. The molecule has 80 valence electrons. The Hall–Kier alpha value is -0.940. The maximum absolute atomic E-state index is 9.03. The molecule has 2 heteroatoms. The maximum Gasteiger partial charge on any atom is 0.0986 e. The van der Waals surface area contributed by atoms with Crippen molar-refractivity contribution >= 4 is 11.8 Å². The molecule has 0 bridgehead atoms. The number of hydrogen-bond acceptors (Lipinski definition) is 2. The highest BCUT2D eigenvalue weighted by Gasteiger charge is 2.14. The Morgan fingerprint density at radius 2 is 1.93 bits per heavy atom. The zero-order valence-corrected chi connectivity index (χ0v) is 10.6. The molecule has 0 aromatic heterocycles. The second-order valence-corrected chi connectivity index (χ2v) is 5.36. The van der Waals surface area contributed by atoms with E-state index in [-0.39, 0.29) is 5.25 Å². The van der Waals surface area contributed by atoms with Crippen molar-refractivity contribution in [3.63, 3.8) is 0 Å². The van der Waals surface area contributed by atoms with E-state index in [9.17, 15) is 0 Å². The van der Waals surface area contributed by atoms with Gasteiger partial charge < -0.3 is 0 Å². The minimum atomic E-state index is 0.0476. The number of thioether (sulfide) groups is 1. The molecule has 1 aromatic carbocycles. The van der Waals surface area contributed by atoms with Crippen LogP contribution < -0.4 is 0 Å². The van der Waals surface area contributed by atoms with Gasteiger partial charge in [-0.3, -0.25) is 0 Å². The third kappa shape index (κ3) is 3.28. The largest absolute Gasteiger partial charge is 0.197 e. The lowest BCUT2D eigenvalue weighted by Gasteiger charge is -2.14. The van der Waals surface area contributed by atoms with E-state index in [1.807, 2.05) is 0 Å². The van der Waals surface area contributed by atoms with Crippen LogP contribution in [0.5, 0.6) is 0 Å². The van der Waals surface area contributed by atoms with Gasteiger partial charge in [-0.25, -0.2) is 0 Å².